The normalized spacial score (nSPS) is 11.5. The first-order valence-electron chi connectivity index (χ1n) is 4.87. The van der Waals surface area contributed by atoms with Crippen molar-refractivity contribution in [1.82, 2.24) is 0 Å². The molecular weight excluding hydrogens is 260 g/mol. The van der Waals surface area contributed by atoms with Crippen LogP contribution in [-0.4, -0.2) is 31.9 Å². The van der Waals surface area contributed by atoms with E-state index in [1.165, 1.54) is 7.11 Å². The first kappa shape index (κ1) is 16.2. The van der Waals surface area contributed by atoms with Crippen LogP contribution in [-0.2, 0) is 9.53 Å². The molecule has 0 saturated heterocycles. The number of anilines is 1. The second-order valence-corrected chi connectivity index (χ2v) is 4.16. The number of methoxy groups -OCH3 is 1. The fraction of sp³-hybridized carbons (Fsp3) is 0.364. The Labute approximate surface area is 112 Å². The maximum atomic E-state index is 11.5. The van der Waals surface area contributed by atoms with Crippen LogP contribution in [0.5, 0.6) is 0 Å². The van der Waals surface area contributed by atoms with Crippen LogP contribution in [0, 0.1) is 0 Å². The number of carbonyl (C=O) groups excluding carboxylic acids is 1. The Balaban J connectivity index is 0.00000256. The summed E-state index contributed by atoms with van der Waals surface area (Å²) in [6.45, 7) is 0.217. The summed E-state index contributed by atoms with van der Waals surface area (Å²) in [6.07, 6.45) is 2.00. The molecule has 0 aliphatic carbocycles. The first-order valence-corrected chi connectivity index (χ1v) is 6.09. The van der Waals surface area contributed by atoms with Gasteiger partial charge < -0.3 is 15.8 Å². The van der Waals surface area contributed by atoms with Crippen LogP contribution in [0.25, 0.3) is 0 Å². The van der Waals surface area contributed by atoms with Gasteiger partial charge in [-0.2, -0.15) is 0 Å². The Morgan fingerprint density at radius 1 is 1.47 bits per heavy atom. The first-order chi connectivity index (χ1) is 7.67. The molecule has 0 heterocycles. The van der Waals surface area contributed by atoms with E-state index in [4.69, 9.17) is 10.5 Å². The van der Waals surface area contributed by atoms with Crippen molar-refractivity contribution in [1.29, 1.82) is 0 Å². The number of thioether (sulfide) groups is 1. The maximum Gasteiger partial charge on any atom is 0.243 e. The van der Waals surface area contributed by atoms with E-state index in [2.05, 4.69) is 5.32 Å². The SMILES string of the molecule is COCC(N)C(=O)Nc1ccc(SC)cc1.Cl. The molecule has 0 aliphatic heterocycles. The zero-order valence-corrected chi connectivity index (χ0v) is 11.4. The number of nitrogens with one attached hydrogen (secondary N) is 1. The van der Waals surface area contributed by atoms with Gasteiger partial charge in [0.25, 0.3) is 0 Å². The molecule has 1 rings (SSSR count). The van der Waals surface area contributed by atoms with Crippen LogP contribution in [0.15, 0.2) is 29.2 Å². The highest BCUT2D eigenvalue weighted by molar-refractivity contribution is 7.98. The molecule has 3 N–H and O–H groups in total. The quantitative estimate of drug-likeness (QED) is 0.804. The maximum absolute atomic E-state index is 11.5. The van der Waals surface area contributed by atoms with E-state index >= 15 is 0 Å². The van der Waals surface area contributed by atoms with E-state index in [-0.39, 0.29) is 24.9 Å². The fourth-order valence-corrected chi connectivity index (χ4v) is 1.57. The average molecular weight is 277 g/mol. The van der Waals surface area contributed by atoms with E-state index in [1.54, 1.807) is 11.8 Å². The molecule has 0 bridgehead atoms. The van der Waals surface area contributed by atoms with Crippen molar-refractivity contribution < 1.29 is 9.53 Å². The molecule has 0 aromatic heterocycles. The largest absolute Gasteiger partial charge is 0.383 e. The fourth-order valence-electron chi connectivity index (χ4n) is 1.16. The lowest BCUT2D eigenvalue weighted by Crippen LogP contribution is -2.39. The van der Waals surface area contributed by atoms with Gasteiger partial charge in [0.1, 0.15) is 6.04 Å². The summed E-state index contributed by atoms with van der Waals surface area (Å²) in [4.78, 5) is 12.7. The number of amides is 1. The summed E-state index contributed by atoms with van der Waals surface area (Å²) in [5.74, 6) is -0.237. The van der Waals surface area contributed by atoms with Crippen molar-refractivity contribution in [3.05, 3.63) is 24.3 Å². The van der Waals surface area contributed by atoms with Crippen molar-refractivity contribution in [2.45, 2.75) is 10.9 Å². The Morgan fingerprint density at radius 2 is 2.06 bits per heavy atom. The molecule has 1 amide bonds. The predicted octanol–water partition coefficient (Wildman–Crippen LogP) is 1.74. The van der Waals surface area contributed by atoms with Crippen molar-refractivity contribution in [3.63, 3.8) is 0 Å². The molecule has 0 saturated carbocycles. The molecule has 0 aliphatic rings. The van der Waals surface area contributed by atoms with Gasteiger partial charge in [0, 0.05) is 17.7 Å². The molecule has 1 aromatic rings. The lowest BCUT2D eigenvalue weighted by molar-refractivity contribution is -0.118. The number of rotatable bonds is 5. The molecule has 0 fully saturated rings. The summed E-state index contributed by atoms with van der Waals surface area (Å²) in [5, 5.41) is 2.72. The molecule has 0 spiro atoms. The van der Waals surface area contributed by atoms with Crippen molar-refractivity contribution >= 4 is 35.8 Å². The lowest BCUT2D eigenvalue weighted by atomic mass is 10.2. The second kappa shape index (κ2) is 8.36. The molecule has 4 nitrogen and oxygen atoms in total. The number of hydrogen-bond donors (Lipinski definition) is 2. The number of benzene rings is 1. The molecule has 0 radical (unpaired) electrons. The third kappa shape index (κ3) is 5.41. The van der Waals surface area contributed by atoms with Gasteiger partial charge in [-0.15, -0.1) is 24.2 Å². The summed E-state index contributed by atoms with van der Waals surface area (Å²) < 4.78 is 4.81. The van der Waals surface area contributed by atoms with Crippen LogP contribution in [0.1, 0.15) is 0 Å². The number of ether oxygens (including phenoxy) is 1. The molecular formula is C11H17ClN2O2S. The van der Waals surface area contributed by atoms with Crippen LogP contribution in [0.2, 0.25) is 0 Å². The Bertz CT molecular complexity index is 346. The number of nitrogens with two attached hydrogens (primary N) is 1. The van der Waals surface area contributed by atoms with E-state index in [0.717, 1.165) is 10.6 Å². The van der Waals surface area contributed by atoms with Gasteiger partial charge in [-0.1, -0.05) is 0 Å². The van der Waals surface area contributed by atoms with E-state index in [0.29, 0.717) is 0 Å². The Kier molecular flexibility index (Phi) is 7.99. The summed E-state index contributed by atoms with van der Waals surface area (Å²) in [5.41, 5.74) is 6.34. The number of carbonyl (C=O) groups is 1. The van der Waals surface area contributed by atoms with Crippen LogP contribution < -0.4 is 11.1 Å². The summed E-state index contributed by atoms with van der Waals surface area (Å²) >= 11 is 1.65. The predicted molar refractivity (Wildman–Crippen MR) is 74.0 cm³/mol. The summed E-state index contributed by atoms with van der Waals surface area (Å²) in [6, 6.07) is 6.96. The topological polar surface area (TPSA) is 64.3 Å². The number of hydrogen-bond acceptors (Lipinski definition) is 4. The van der Waals surface area contributed by atoms with Gasteiger partial charge >= 0.3 is 0 Å². The highest BCUT2D eigenvalue weighted by atomic mass is 35.5. The van der Waals surface area contributed by atoms with Gasteiger partial charge in [-0.25, -0.2) is 0 Å². The van der Waals surface area contributed by atoms with E-state index < -0.39 is 6.04 Å². The zero-order valence-electron chi connectivity index (χ0n) is 9.80. The van der Waals surface area contributed by atoms with Crippen molar-refractivity contribution in [2.75, 3.05) is 25.3 Å². The van der Waals surface area contributed by atoms with Crippen LogP contribution in [0.4, 0.5) is 5.69 Å². The molecule has 1 unspecified atom stereocenters. The van der Waals surface area contributed by atoms with Crippen molar-refractivity contribution in [2.24, 2.45) is 5.73 Å². The van der Waals surface area contributed by atoms with E-state index in [9.17, 15) is 4.79 Å². The minimum absolute atomic E-state index is 0. The third-order valence-corrected chi connectivity index (χ3v) is 2.78. The van der Waals surface area contributed by atoms with Crippen LogP contribution >= 0.6 is 24.2 Å². The monoisotopic (exact) mass is 276 g/mol. The Hall–Kier alpha value is -0.750. The molecule has 6 heteroatoms. The standard InChI is InChI=1S/C11H16N2O2S.ClH/c1-15-7-10(12)11(14)13-8-3-5-9(16-2)6-4-8;/h3-6,10H,7,12H2,1-2H3,(H,13,14);1H. The highest BCUT2D eigenvalue weighted by Crippen LogP contribution is 2.17. The van der Waals surface area contributed by atoms with Gasteiger partial charge in [0.05, 0.1) is 6.61 Å². The van der Waals surface area contributed by atoms with Gasteiger partial charge in [0.2, 0.25) is 5.91 Å². The number of halogens is 1. The summed E-state index contributed by atoms with van der Waals surface area (Å²) in [7, 11) is 1.51. The smallest absolute Gasteiger partial charge is 0.243 e. The second-order valence-electron chi connectivity index (χ2n) is 3.28. The van der Waals surface area contributed by atoms with Crippen LogP contribution in [0.3, 0.4) is 0 Å². The molecule has 96 valence electrons. The average Bonchev–Trinajstić information content (AvgIpc) is 2.30. The molecule has 1 aromatic carbocycles. The Morgan fingerprint density at radius 3 is 2.53 bits per heavy atom. The minimum Gasteiger partial charge on any atom is -0.383 e. The van der Waals surface area contributed by atoms with Gasteiger partial charge in [0.15, 0.2) is 0 Å². The van der Waals surface area contributed by atoms with Crippen molar-refractivity contribution in [3.8, 4) is 0 Å². The van der Waals surface area contributed by atoms with Gasteiger partial charge in [-0.3, -0.25) is 4.79 Å². The van der Waals surface area contributed by atoms with Gasteiger partial charge in [-0.05, 0) is 30.5 Å². The lowest BCUT2D eigenvalue weighted by Gasteiger charge is -2.11. The van der Waals surface area contributed by atoms with E-state index in [1.807, 2.05) is 30.5 Å². The molecule has 1 atom stereocenters. The minimum atomic E-state index is -0.634. The highest BCUT2D eigenvalue weighted by Gasteiger charge is 2.12. The third-order valence-electron chi connectivity index (χ3n) is 2.04. The molecule has 17 heavy (non-hydrogen) atoms. The zero-order chi connectivity index (χ0) is 12.0.